The summed E-state index contributed by atoms with van der Waals surface area (Å²) in [7, 11) is 4.07. The minimum Gasteiger partial charge on any atom is -0.435 e. The van der Waals surface area contributed by atoms with Crippen LogP contribution in [-0.2, 0) is 0 Å². The monoisotopic (exact) mass is 445 g/mol. The van der Waals surface area contributed by atoms with Crippen LogP contribution in [0.2, 0.25) is 5.02 Å². The van der Waals surface area contributed by atoms with Gasteiger partial charge in [0.15, 0.2) is 5.76 Å². The van der Waals surface area contributed by atoms with Crippen LogP contribution in [-0.4, -0.2) is 32.2 Å². The predicted octanol–water partition coefficient (Wildman–Crippen LogP) is 7.24. The largest absolute Gasteiger partial charge is 0.435 e. The minimum absolute atomic E-state index is 0.520. The van der Waals surface area contributed by atoms with Crippen molar-refractivity contribution >= 4 is 23.0 Å². The summed E-state index contributed by atoms with van der Waals surface area (Å²) in [5.41, 5.74) is 5.88. The van der Waals surface area contributed by atoms with E-state index in [0.29, 0.717) is 10.9 Å². The van der Waals surface area contributed by atoms with Crippen LogP contribution in [0.1, 0.15) is 13.8 Å². The Morgan fingerprint density at radius 2 is 1.44 bits per heavy atom. The average Bonchev–Trinajstić information content (AvgIpc) is 3.25. The summed E-state index contributed by atoms with van der Waals surface area (Å²) in [5, 5.41) is 0.617. The second kappa shape index (κ2) is 9.49. The molecule has 0 bridgehead atoms. The molecule has 4 nitrogen and oxygen atoms in total. The lowest BCUT2D eigenvalue weighted by Gasteiger charge is -2.23. The molecule has 0 saturated heterocycles. The van der Waals surface area contributed by atoms with Crippen LogP contribution in [0.25, 0.3) is 34.0 Å². The summed E-state index contributed by atoms with van der Waals surface area (Å²) in [6, 6.07) is 24.4. The third-order valence-corrected chi connectivity index (χ3v) is 5.97. The highest BCUT2D eigenvalue weighted by atomic mass is 35.5. The zero-order valence-electron chi connectivity index (χ0n) is 19.0. The Balaban J connectivity index is 1.93. The van der Waals surface area contributed by atoms with E-state index in [2.05, 4.69) is 66.1 Å². The smallest absolute Gasteiger partial charge is 0.228 e. The SMILES string of the molecule is CCN(CC)c1ccccc1-c1oc(-c2ccccc2Cl)nc1-c1ccc(N(C)C)cc1. The maximum Gasteiger partial charge on any atom is 0.228 e. The van der Waals surface area contributed by atoms with Gasteiger partial charge in [-0.25, -0.2) is 4.98 Å². The molecule has 32 heavy (non-hydrogen) atoms. The average molecular weight is 446 g/mol. The van der Waals surface area contributed by atoms with Crippen molar-refractivity contribution in [3.8, 4) is 34.0 Å². The summed E-state index contributed by atoms with van der Waals surface area (Å²) in [5.74, 6) is 1.27. The van der Waals surface area contributed by atoms with Crippen molar-refractivity contribution in [1.82, 2.24) is 4.98 Å². The standard InChI is InChI=1S/C27H28ClN3O/c1-5-31(6-2)24-14-10-8-12-22(24)26-25(19-15-17-20(18-16-19)30(3)4)29-27(32-26)21-11-7-9-13-23(21)28/h7-18H,5-6H2,1-4H3. The third-order valence-electron chi connectivity index (χ3n) is 5.64. The van der Waals surface area contributed by atoms with Gasteiger partial charge in [-0.15, -0.1) is 0 Å². The fourth-order valence-electron chi connectivity index (χ4n) is 3.87. The molecule has 0 radical (unpaired) electrons. The van der Waals surface area contributed by atoms with Gasteiger partial charge in [-0.1, -0.05) is 48.0 Å². The molecule has 3 aromatic carbocycles. The molecule has 0 aliphatic rings. The molecular weight excluding hydrogens is 418 g/mol. The summed E-state index contributed by atoms with van der Waals surface area (Å²) in [4.78, 5) is 9.34. The molecule has 0 aliphatic heterocycles. The van der Waals surface area contributed by atoms with Crippen molar-refractivity contribution in [2.75, 3.05) is 37.0 Å². The number of oxazole rings is 1. The molecule has 0 aliphatic carbocycles. The van der Waals surface area contributed by atoms with Gasteiger partial charge in [0.05, 0.1) is 10.6 Å². The number of aromatic nitrogens is 1. The van der Waals surface area contributed by atoms with Crippen LogP contribution >= 0.6 is 11.6 Å². The maximum atomic E-state index is 6.48. The lowest BCUT2D eigenvalue weighted by Crippen LogP contribution is -2.22. The Bertz CT molecular complexity index is 1190. The van der Waals surface area contributed by atoms with Crippen LogP contribution in [0, 0.1) is 0 Å². The van der Waals surface area contributed by atoms with Crippen molar-refractivity contribution < 1.29 is 4.42 Å². The highest BCUT2D eigenvalue weighted by molar-refractivity contribution is 6.33. The molecule has 164 valence electrons. The summed E-state index contributed by atoms with van der Waals surface area (Å²) in [6.45, 7) is 6.14. The fourth-order valence-corrected chi connectivity index (χ4v) is 4.09. The van der Waals surface area contributed by atoms with Gasteiger partial charge in [0.2, 0.25) is 5.89 Å². The zero-order valence-corrected chi connectivity index (χ0v) is 19.7. The van der Waals surface area contributed by atoms with E-state index in [9.17, 15) is 0 Å². The van der Waals surface area contributed by atoms with E-state index < -0.39 is 0 Å². The van der Waals surface area contributed by atoms with Gasteiger partial charge in [0.25, 0.3) is 0 Å². The molecule has 1 heterocycles. The molecule has 0 spiro atoms. The van der Waals surface area contributed by atoms with Gasteiger partial charge < -0.3 is 14.2 Å². The van der Waals surface area contributed by atoms with Gasteiger partial charge in [-0.05, 0) is 50.2 Å². The van der Waals surface area contributed by atoms with E-state index in [1.165, 1.54) is 0 Å². The Morgan fingerprint density at radius 3 is 2.06 bits per heavy atom. The molecule has 4 aromatic rings. The first-order valence-electron chi connectivity index (χ1n) is 10.9. The number of rotatable bonds is 7. The first-order chi connectivity index (χ1) is 15.5. The molecule has 0 saturated carbocycles. The summed E-state index contributed by atoms with van der Waals surface area (Å²) < 4.78 is 6.45. The normalized spacial score (nSPS) is 10.9. The number of para-hydroxylation sites is 1. The lowest BCUT2D eigenvalue weighted by molar-refractivity contribution is 0.589. The first-order valence-corrected chi connectivity index (χ1v) is 11.3. The predicted molar refractivity (Wildman–Crippen MR) is 136 cm³/mol. The van der Waals surface area contributed by atoms with Crippen LogP contribution in [0.3, 0.4) is 0 Å². The van der Waals surface area contributed by atoms with Crippen LogP contribution in [0.15, 0.2) is 77.2 Å². The summed E-state index contributed by atoms with van der Waals surface area (Å²) in [6.07, 6.45) is 0. The Morgan fingerprint density at radius 1 is 0.812 bits per heavy atom. The highest BCUT2D eigenvalue weighted by Gasteiger charge is 2.22. The molecule has 1 aromatic heterocycles. The van der Waals surface area contributed by atoms with E-state index >= 15 is 0 Å². The van der Waals surface area contributed by atoms with Crippen molar-refractivity contribution in [1.29, 1.82) is 0 Å². The lowest BCUT2D eigenvalue weighted by atomic mass is 10.0. The molecular formula is C27H28ClN3O. The van der Waals surface area contributed by atoms with Crippen molar-refractivity contribution in [2.24, 2.45) is 0 Å². The quantitative estimate of drug-likeness (QED) is 0.300. The Labute approximate surface area is 195 Å². The Hall–Kier alpha value is -3.24. The second-order valence-corrected chi connectivity index (χ2v) is 8.21. The number of nitrogens with zero attached hydrogens (tertiary/aromatic N) is 3. The number of hydrogen-bond acceptors (Lipinski definition) is 4. The van der Waals surface area contributed by atoms with Crippen molar-refractivity contribution in [3.63, 3.8) is 0 Å². The first kappa shape index (κ1) is 22.0. The Kier molecular flexibility index (Phi) is 6.52. The number of anilines is 2. The van der Waals surface area contributed by atoms with Crippen molar-refractivity contribution in [2.45, 2.75) is 13.8 Å². The van der Waals surface area contributed by atoms with Crippen LogP contribution in [0.4, 0.5) is 11.4 Å². The van der Waals surface area contributed by atoms with E-state index in [0.717, 1.165) is 52.6 Å². The molecule has 0 amide bonds. The van der Waals surface area contributed by atoms with Crippen LogP contribution in [0.5, 0.6) is 0 Å². The van der Waals surface area contributed by atoms with Crippen LogP contribution < -0.4 is 9.80 Å². The maximum absolute atomic E-state index is 6.48. The molecule has 0 unspecified atom stereocenters. The fraction of sp³-hybridized carbons (Fsp3) is 0.222. The minimum atomic E-state index is 0.520. The third kappa shape index (κ3) is 4.23. The molecule has 0 atom stereocenters. The summed E-state index contributed by atoms with van der Waals surface area (Å²) >= 11 is 6.48. The molecule has 5 heteroatoms. The van der Waals surface area contributed by atoms with Gasteiger partial charge in [0, 0.05) is 49.7 Å². The van der Waals surface area contributed by atoms with E-state index in [4.69, 9.17) is 21.0 Å². The van der Waals surface area contributed by atoms with Gasteiger partial charge in [0.1, 0.15) is 5.69 Å². The second-order valence-electron chi connectivity index (χ2n) is 7.81. The van der Waals surface area contributed by atoms with Crippen molar-refractivity contribution in [3.05, 3.63) is 77.8 Å². The van der Waals surface area contributed by atoms with Gasteiger partial charge in [-0.2, -0.15) is 0 Å². The van der Waals surface area contributed by atoms with E-state index in [-0.39, 0.29) is 0 Å². The number of hydrogen-bond donors (Lipinski definition) is 0. The highest BCUT2D eigenvalue weighted by Crippen LogP contribution is 2.41. The van der Waals surface area contributed by atoms with Gasteiger partial charge in [-0.3, -0.25) is 0 Å². The molecule has 0 fully saturated rings. The zero-order chi connectivity index (χ0) is 22.7. The number of benzene rings is 3. The van der Waals surface area contributed by atoms with E-state index in [1.54, 1.807) is 0 Å². The topological polar surface area (TPSA) is 32.5 Å². The molecule has 4 rings (SSSR count). The van der Waals surface area contributed by atoms with E-state index in [1.807, 2.05) is 44.4 Å². The number of halogens is 1. The van der Waals surface area contributed by atoms with Gasteiger partial charge >= 0.3 is 0 Å². The molecule has 0 N–H and O–H groups in total.